The topological polar surface area (TPSA) is 21.3 Å². The molecule has 0 amide bonds. The van der Waals surface area contributed by atoms with Crippen molar-refractivity contribution in [2.45, 2.75) is 50.6 Å². The van der Waals surface area contributed by atoms with E-state index in [-0.39, 0.29) is 11.2 Å². The fourth-order valence-electron chi connectivity index (χ4n) is 3.50. The minimum Gasteiger partial charge on any atom is -0.435 e. The van der Waals surface area contributed by atoms with E-state index < -0.39 is 6.61 Å². The van der Waals surface area contributed by atoms with Crippen molar-refractivity contribution in [2.24, 2.45) is 0 Å². The van der Waals surface area contributed by atoms with E-state index >= 15 is 0 Å². The largest absolute Gasteiger partial charge is 0.435 e. The van der Waals surface area contributed by atoms with Crippen LogP contribution in [0.5, 0.6) is 5.75 Å². The molecule has 1 fully saturated rings. The molecule has 19 heavy (non-hydrogen) atoms. The van der Waals surface area contributed by atoms with Crippen LogP contribution in [0.1, 0.15) is 44.1 Å². The van der Waals surface area contributed by atoms with Crippen LogP contribution in [0, 0.1) is 0 Å². The lowest BCUT2D eigenvalue weighted by molar-refractivity contribution is -0.0499. The van der Waals surface area contributed by atoms with Crippen molar-refractivity contribution in [3.63, 3.8) is 0 Å². The van der Waals surface area contributed by atoms with E-state index in [1.54, 1.807) is 6.07 Å². The van der Waals surface area contributed by atoms with Gasteiger partial charge in [-0.25, -0.2) is 0 Å². The molecule has 1 aromatic rings. The van der Waals surface area contributed by atoms with Gasteiger partial charge in [-0.15, -0.1) is 0 Å². The third-order valence-electron chi connectivity index (χ3n) is 4.47. The first-order valence-corrected chi connectivity index (χ1v) is 7.03. The van der Waals surface area contributed by atoms with Crippen LogP contribution in [0.2, 0.25) is 0 Å². The zero-order valence-electron chi connectivity index (χ0n) is 10.9. The van der Waals surface area contributed by atoms with Crippen molar-refractivity contribution in [1.82, 2.24) is 0 Å². The van der Waals surface area contributed by atoms with Crippen molar-refractivity contribution in [2.75, 3.05) is 11.9 Å². The fraction of sp³-hybridized carbons (Fsp3) is 0.600. The first-order chi connectivity index (χ1) is 9.20. The van der Waals surface area contributed by atoms with Gasteiger partial charge in [0.2, 0.25) is 0 Å². The van der Waals surface area contributed by atoms with E-state index in [0.29, 0.717) is 0 Å². The quantitative estimate of drug-likeness (QED) is 0.862. The molecule has 2 aliphatic rings. The molecule has 1 spiro atoms. The Balaban J connectivity index is 1.92. The maximum atomic E-state index is 12.3. The molecule has 0 aromatic heterocycles. The summed E-state index contributed by atoms with van der Waals surface area (Å²) in [6.45, 7) is -1.82. The Kier molecular flexibility index (Phi) is 3.33. The normalized spacial score (nSPS) is 21.0. The highest BCUT2D eigenvalue weighted by atomic mass is 19.3. The molecule has 0 bridgehead atoms. The number of nitrogens with one attached hydrogen (secondary N) is 1. The van der Waals surface area contributed by atoms with E-state index in [4.69, 9.17) is 0 Å². The lowest BCUT2D eigenvalue weighted by Crippen LogP contribution is -2.27. The summed E-state index contributed by atoms with van der Waals surface area (Å²) >= 11 is 0. The molecule has 4 heteroatoms. The van der Waals surface area contributed by atoms with Crippen LogP contribution in [0.15, 0.2) is 18.2 Å². The highest BCUT2D eigenvalue weighted by molar-refractivity contribution is 5.62. The molecule has 1 saturated carbocycles. The summed E-state index contributed by atoms with van der Waals surface area (Å²) in [6.07, 6.45) is 7.30. The Morgan fingerprint density at radius 3 is 2.53 bits per heavy atom. The number of ether oxygens (including phenoxy) is 1. The predicted molar refractivity (Wildman–Crippen MR) is 70.9 cm³/mol. The second-order valence-corrected chi connectivity index (χ2v) is 5.63. The zero-order valence-corrected chi connectivity index (χ0v) is 10.9. The molecule has 1 aromatic carbocycles. The Labute approximate surface area is 112 Å². The predicted octanol–water partition coefficient (Wildman–Crippen LogP) is 4.31. The van der Waals surface area contributed by atoms with Gasteiger partial charge in [-0.2, -0.15) is 8.78 Å². The van der Waals surface area contributed by atoms with Gasteiger partial charge in [-0.1, -0.05) is 25.7 Å². The van der Waals surface area contributed by atoms with Gasteiger partial charge in [0.05, 0.1) is 0 Å². The molecule has 1 aliphatic carbocycles. The third-order valence-corrected chi connectivity index (χ3v) is 4.47. The fourth-order valence-corrected chi connectivity index (χ4v) is 3.50. The Hall–Kier alpha value is -1.32. The average molecular weight is 267 g/mol. The van der Waals surface area contributed by atoms with Crippen molar-refractivity contribution < 1.29 is 13.5 Å². The van der Waals surface area contributed by atoms with Crippen LogP contribution in [-0.4, -0.2) is 13.2 Å². The van der Waals surface area contributed by atoms with Gasteiger partial charge >= 0.3 is 6.61 Å². The second kappa shape index (κ2) is 4.99. The monoisotopic (exact) mass is 267 g/mol. The summed E-state index contributed by atoms with van der Waals surface area (Å²) in [5, 5.41) is 3.43. The summed E-state index contributed by atoms with van der Waals surface area (Å²) in [6, 6.07) is 5.30. The van der Waals surface area contributed by atoms with Crippen LogP contribution in [-0.2, 0) is 5.41 Å². The molecule has 1 N–H and O–H groups in total. The Morgan fingerprint density at radius 1 is 1.11 bits per heavy atom. The number of hydrogen-bond acceptors (Lipinski definition) is 2. The van der Waals surface area contributed by atoms with Crippen molar-refractivity contribution >= 4 is 5.69 Å². The van der Waals surface area contributed by atoms with Gasteiger partial charge in [-0.05, 0) is 36.6 Å². The van der Waals surface area contributed by atoms with Gasteiger partial charge in [-0.3, -0.25) is 0 Å². The highest BCUT2D eigenvalue weighted by Gasteiger charge is 2.39. The molecule has 2 nitrogen and oxygen atoms in total. The Morgan fingerprint density at radius 2 is 1.84 bits per heavy atom. The first kappa shape index (κ1) is 12.7. The number of alkyl halides is 2. The lowest BCUT2D eigenvalue weighted by Gasteiger charge is -2.28. The number of anilines is 1. The second-order valence-electron chi connectivity index (χ2n) is 5.63. The summed E-state index contributed by atoms with van der Waals surface area (Å²) in [4.78, 5) is 0. The Bertz CT molecular complexity index is 453. The van der Waals surface area contributed by atoms with Crippen LogP contribution in [0.25, 0.3) is 0 Å². The summed E-state index contributed by atoms with van der Waals surface area (Å²) < 4.78 is 29.2. The van der Waals surface area contributed by atoms with E-state index in [1.807, 2.05) is 12.1 Å². The lowest BCUT2D eigenvalue weighted by atomic mass is 9.76. The molecular formula is C15H19F2NO. The molecule has 1 aliphatic heterocycles. The zero-order chi connectivity index (χ0) is 13.3. The van der Waals surface area contributed by atoms with Crippen LogP contribution >= 0.6 is 0 Å². The standard InChI is InChI=1S/C15H19F2NO/c16-14(17)19-11-5-6-13-12(9-11)15(10-18-13)7-3-1-2-4-8-15/h5-6,9,14,18H,1-4,7-8,10H2. The van der Waals surface area contributed by atoms with E-state index in [9.17, 15) is 8.78 Å². The smallest absolute Gasteiger partial charge is 0.387 e. The summed E-state index contributed by atoms with van der Waals surface area (Å²) in [5.41, 5.74) is 2.39. The number of benzene rings is 1. The van der Waals surface area contributed by atoms with Crippen molar-refractivity contribution in [3.05, 3.63) is 23.8 Å². The molecule has 0 radical (unpaired) electrons. The van der Waals surface area contributed by atoms with Crippen LogP contribution in [0.4, 0.5) is 14.5 Å². The van der Waals surface area contributed by atoms with Crippen molar-refractivity contribution in [1.29, 1.82) is 0 Å². The maximum absolute atomic E-state index is 12.3. The van der Waals surface area contributed by atoms with Crippen LogP contribution in [0.3, 0.4) is 0 Å². The SMILES string of the molecule is FC(F)Oc1ccc2c(c1)C1(CCCCCC1)CN2. The summed E-state index contributed by atoms with van der Waals surface area (Å²) in [5.74, 6) is 0.279. The summed E-state index contributed by atoms with van der Waals surface area (Å²) in [7, 11) is 0. The number of rotatable bonds is 2. The van der Waals surface area contributed by atoms with Gasteiger partial charge in [0.1, 0.15) is 5.75 Å². The van der Waals surface area contributed by atoms with Crippen LogP contribution < -0.4 is 10.1 Å². The molecule has 0 atom stereocenters. The van der Waals surface area contributed by atoms with E-state index in [0.717, 1.165) is 25.1 Å². The number of hydrogen-bond donors (Lipinski definition) is 1. The highest BCUT2D eigenvalue weighted by Crippen LogP contribution is 2.46. The van der Waals surface area contributed by atoms with E-state index in [1.165, 1.54) is 31.2 Å². The molecule has 1 heterocycles. The molecular weight excluding hydrogens is 248 g/mol. The minimum atomic E-state index is -2.75. The van der Waals surface area contributed by atoms with Gasteiger partial charge in [0.15, 0.2) is 0 Å². The van der Waals surface area contributed by atoms with Crippen molar-refractivity contribution in [3.8, 4) is 5.75 Å². The van der Waals surface area contributed by atoms with Gasteiger partial charge in [0.25, 0.3) is 0 Å². The molecule has 0 saturated heterocycles. The maximum Gasteiger partial charge on any atom is 0.387 e. The average Bonchev–Trinajstić information content (AvgIpc) is 2.58. The molecule has 3 rings (SSSR count). The van der Waals surface area contributed by atoms with E-state index in [2.05, 4.69) is 10.1 Å². The minimum absolute atomic E-state index is 0.132. The molecule has 104 valence electrons. The number of halogens is 2. The first-order valence-electron chi connectivity index (χ1n) is 7.03. The van der Waals surface area contributed by atoms with Gasteiger partial charge < -0.3 is 10.1 Å². The third kappa shape index (κ3) is 2.40. The number of fused-ring (bicyclic) bond motifs is 2. The molecule has 0 unspecified atom stereocenters. The van der Waals surface area contributed by atoms with Gasteiger partial charge in [0, 0.05) is 17.6 Å².